The number of carbonyl (C=O) groups excluding carboxylic acids is 1. The van der Waals surface area contributed by atoms with Crippen LogP contribution in [-0.4, -0.2) is 21.7 Å². The molecule has 1 N–H and O–H groups in total. The third kappa shape index (κ3) is 4.32. The van der Waals surface area contributed by atoms with E-state index in [1.54, 1.807) is 19.1 Å². The molecule has 25 heavy (non-hydrogen) atoms. The molecule has 0 spiro atoms. The van der Waals surface area contributed by atoms with Crippen LogP contribution in [0.15, 0.2) is 35.1 Å². The molecule has 132 valence electrons. The molecule has 0 unspecified atom stereocenters. The molecule has 0 aliphatic heterocycles. The molecule has 1 aromatic carbocycles. The number of hydrogen-bond acceptors (Lipinski definition) is 3. The fourth-order valence-electron chi connectivity index (χ4n) is 3.15. The van der Waals surface area contributed by atoms with Gasteiger partial charge in [0.2, 0.25) is 0 Å². The molecule has 0 radical (unpaired) electrons. The maximum Gasteiger partial charge on any atom is 0.267 e. The van der Waals surface area contributed by atoms with Crippen LogP contribution in [0.3, 0.4) is 0 Å². The molecule has 0 saturated heterocycles. The van der Waals surface area contributed by atoms with Gasteiger partial charge in [-0.15, -0.1) is 0 Å². The van der Waals surface area contributed by atoms with Gasteiger partial charge < -0.3 is 5.32 Å². The van der Waals surface area contributed by atoms with Crippen LogP contribution in [0.2, 0.25) is 0 Å². The minimum atomic E-state index is -0.455. The Kier molecular flexibility index (Phi) is 5.26. The van der Waals surface area contributed by atoms with Gasteiger partial charge in [0.05, 0.1) is 12.2 Å². The molecule has 1 heterocycles. The highest BCUT2D eigenvalue weighted by molar-refractivity contribution is 5.94. The number of halogens is 1. The van der Waals surface area contributed by atoms with Crippen LogP contribution in [0.25, 0.3) is 0 Å². The lowest BCUT2D eigenvalue weighted by molar-refractivity contribution is 0.0935. The first-order valence-corrected chi connectivity index (χ1v) is 8.69. The molecule has 1 aliphatic rings. The minimum absolute atomic E-state index is 0.146. The van der Waals surface area contributed by atoms with Gasteiger partial charge >= 0.3 is 0 Å². The number of nitrogens with zero attached hydrogens (tertiary/aromatic N) is 2. The van der Waals surface area contributed by atoms with Gasteiger partial charge in [0, 0.05) is 17.7 Å². The van der Waals surface area contributed by atoms with Gasteiger partial charge in [-0.2, -0.15) is 5.10 Å². The molecule has 2 aromatic rings. The van der Waals surface area contributed by atoms with Gasteiger partial charge in [0.25, 0.3) is 11.5 Å². The van der Waals surface area contributed by atoms with Crippen molar-refractivity contribution < 1.29 is 9.18 Å². The normalized spacial score (nSPS) is 15.1. The Morgan fingerprint density at radius 3 is 2.88 bits per heavy atom. The quantitative estimate of drug-likeness (QED) is 0.868. The average Bonchev–Trinajstić information content (AvgIpc) is 2.80. The molecule has 0 saturated carbocycles. The molecule has 6 heteroatoms. The Morgan fingerprint density at radius 2 is 2.08 bits per heavy atom. The zero-order chi connectivity index (χ0) is 17.8. The number of amides is 1. The Labute approximate surface area is 145 Å². The smallest absolute Gasteiger partial charge is 0.267 e. The van der Waals surface area contributed by atoms with Crippen LogP contribution in [0, 0.1) is 5.82 Å². The van der Waals surface area contributed by atoms with E-state index in [0.29, 0.717) is 0 Å². The first-order chi connectivity index (χ1) is 12.0. The lowest BCUT2D eigenvalue weighted by atomic mass is 10.1. The number of rotatable bonds is 4. The number of nitrogens with one attached hydrogen (secondary N) is 1. The van der Waals surface area contributed by atoms with E-state index < -0.39 is 5.82 Å². The zero-order valence-electron chi connectivity index (χ0n) is 14.3. The van der Waals surface area contributed by atoms with Crippen molar-refractivity contribution in [3.63, 3.8) is 0 Å². The van der Waals surface area contributed by atoms with E-state index in [0.717, 1.165) is 43.4 Å². The van der Waals surface area contributed by atoms with Crippen molar-refractivity contribution in [3.8, 4) is 0 Å². The largest absolute Gasteiger partial charge is 0.348 e. The molecule has 1 amide bonds. The number of aromatic nitrogens is 2. The summed E-state index contributed by atoms with van der Waals surface area (Å²) >= 11 is 0. The summed E-state index contributed by atoms with van der Waals surface area (Å²) < 4.78 is 14.6. The topological polar surface area (TPSA) is 64.0 Å². The van der Waals surface area contributed by atoms with Gasteiger partial charge in [0.15, 0.2) is 0 Å². The molecule has 0 bridgehead atoms. The lowest BCUT2D eigenvalue weighted by Crippen LogP contribution is -2.39. The van der Waals surface area contributed by atoms with Crippen molar-refractivity contribution in [3.05, 3.63) is 63.3 Å². The first kappa shape index (κ1) is 17.3. The fourth-order valence-corrected chi connectivity index (χ4v) is 3.15. The Hall–Kier alpha value is -2.50. The minimum Gasteiger partial charge on any atom is -0.348 e. The third-order valence-corrected chi connectivity index (χ3v) is 4.43. The second-order valence-corrected chi connectivity index (χ2v) is 6.58. The molecular formula is C19H22FN3O2. The van der Waals surface area contributed by atoms with E-state index in [1.807, 2.05) is 0 Å². The van der Waals surface area contributed by atoms with Crippen molar-refractivity contribution >= 4 is 5.91 Å². The standard InChI is InChI=1S/C19H22FN3O2/c1-13(21-19(25)15-7-5-8-16(20)10-15)12-23-18(24)11-14-6-3-2-4-9-17(14)22-23/h5,7-8,10-11,13H,2-4,6,9,12H2,1H3,(H,21,25)/t13-/m1/s1. The van der Waals surface area contributed by atoms with E-state index in [4.69, 9.17) is 0 Å². The molecule has 3 rings (SSSR count). The first-order valence-electron chi connectivity index (χ1n) is 8.69. The zero-order valence-corrected chi connectivity index (χ0v) is 14.3. The summed E-state index contributed by atoms with van der Waals surface area (Å²) in [5.41, 5.74) is 2.15. The second kappa shape index (κ2) is 7.59. The van der Waals surface area contributed by atoms with Crippen LogP contribution in [-0.2, 0) is 19.4 Å². The van der Waals surface area contributed by atoms with Crippen molar-refractivity contribution in [2.75, 3.05) is 0 Å². The SMILES string of the molecule is C[C@H](Cn1nc2c(cc1=O)CCCCC2)NC(=O)c1cccc(F)c1. The highest BCUT2D eigenvalue weighted by atomic mass is 19.1. The molecular weight excluding hydrogens is 321 g/mol. The number of hydrogen-bond donors (Lipinski definition) is 1. The monoisotopic (exact) mass is 343 g/mol. The molecule has 0 fully saturated rings. The number of carbonyl (C=O) groups is 1. The predicted molar refractivity (Wildman–Crippen MR) is 93.1 cm³/mol. The van der Waals surface area contributed by atoms with Crippen LogP contribution in [0.1, 0.15) is 47.8 Å². The Balaban J connectivity index is 1.70. The van der Waals surface area contributed by atoms with Gasteiger partial charge in [-0.25, -0.2) is 9.07 Å². The average molecular weight is 343 g/mol. The maximum absolute atomic E-state index is 13.2. The number of fused-ring (bicyclic) bond motifs is 1. The van der Waals surface area contributed by atoms with Crippen LogP contribution in [0.4, 0.5) is 4.39 Å². The van der Waals surface area contributed by atoms with Crippen molar-refractivity contribution in [1.29, 1.82) is 0 Å². The Bertz CT molecular complexity index is 832. The Morgan fingerprint density at radius 1 is 1.28 bits per heavy atom. The maximum atomic E-state index is 13.2. The summed E-state index contributed by atoms with van der Waals surface area (Å²) in [6.45, 7) is 2.09. The lowest BCUT2D eigenvalue weighted by Gasteiger charge is -2.16. The predicted octanol–water partition coefficient (Wildman–Crippen LogP) is 2.47. The van der Waals surface area contributed by atoms with E-state index in [-0.39, 0.29) is 29.6 Å². The molecule has 1 aliphatic carbocycles. The highest BCUT2D eigenvalue weighted by Crippen LogP contribution is 2.16. The molecule has 5 nitrogen and oxygen atoms in total. The van der Waals surface area contributed by atoms with E-state index >= 15 is 0 Å². The van der Waals surface area contributed by atoms with E-state index in [2.05, 4.69) is 10.4 Å². The van der Waals surface area contributed by atoms with Gasteiger partial charge in [-0.05, 0) is 56.4 Å². The summed E-state index contributed by atoms with van der Waals surface area (Å²) in [6, 6.07) is 6.90. The van der Waals surface area contributed by atoms with Gasteiger partial charge in [-0.1, -0.05) is 12.5 Å². The van der Waals surface area contributed by atoms with Crippen LogP contribution in [0.5, 0.6) is 0 Å². The van der Waals surface area contributed by atoms with E-state index in [1.165, 1.54) is 22.9 Å². The summed E-state index contributed by atoms with van der Waals surface area (Å²) in [5, 5.41) is 7.29. The van der Waals surface area contributed by atoms with Crippen molar-refractivity contribution in [2.45, 2.75) is 51.6 Å². The number of benzene rings is 1. The third-order valence-electron chi connectivity index (χ3n) is 4.43. The molecule has 1 atom stereocenters. The summed E-state index contributed by atoms with van der Waals surface area (Å²) in [7, 11) is 0. The van der Waals surface area contributed by atoms with Crippen LogP contribution < -0.4 is 10.9 Å². The van der Waals surface area contributed by atoms with Gasteiger partial charge in [0.1, 0.15) is 5.82 Å². The van der Waals surface area contributed by atoms with Gasteiger partial charge in [-0.3, -0.25) is 9.59 Å². The second-order valence-electron chi connectivity index (χ2n) is 6.58. The molecule has 1 aromatic heterocycles. The number of aryl methyl sites for hydroxylation is 2. The van der Waals surface area contributed by atoms with Crippen molar-refractivity contribution in [1.82, 2.24) is 15.1 Å². The summed E-state index contributed by atoms with van der Waals surface area (Å²) in [5.74, 6) is -0.821. The van der Waals surface area contributed by atoms with Crippen molar-refractivity contribution in [2.24, 2.45) is 0 Å². The summed E-state index contributed by atoms with van der Waals surface area (Å²) in [6.07, 6.45) is 5.14. The summed E-state index contributed by atoms with van der Waals surface area (Å²) in [4.78, 5) is 24.5. The van der Waals surface area contributed by atoms with Crippen LogP contribution >= 0.6 is 0 Å². The van der Waals surface area contributed by atoms with E-state index in [9.17, 15) is 14.0 Å². The fraction of sp³-hybridized carbons (Fsp3) is 0.421. The highest BCUT2D eigenvalue weighted by Gasteiger charge is 2.15.